The Kier molecular flexibility index (Phi) is 4.01. The number of aromatic amines is 1. The molecule has 5 nitrogen and oxygen atoms in total. The van der Waals surface area contributed by atoms with Gasteiger partial charge in [-0.15, -0.1) is 0 Å². The van der Waals surface area contributed by atoms with E-state index in [4.69, 9.17) is 21.3 Å². The zero-order valence-electron chi connectivity index (χ0n) is 14.3. The Morgan fingerprint density at radius 1 is 1.12 bits per heavy atom. The molecule has 0 atom stereocenters. The van der Waals surface area contributed by atoms with E-state index < -0.39 is 0 Å². The van der Waals surface area contributed by atoms with Crippen LogP contribution in [0.2, 0.25) is 5.02 Å². The van der Waals surface area contributed by atoms with E-state index in [0.29, 0.717) is 22.1 Å². The number of hydrogen-bond acceptors (Lipinski definition) is 3. The number of aryl methyl sites for hydroxylation is 1. The van der Waals surface area contributed by atoms with Gasteiger partial charge in [-0.2, -0.15) is 0 Å². The minimum atomic E-state index is -0.188. The predicted octanol–water partition coefficient (Wildman–Crippen LogP) is 4.33. The van der Waals surface area contributed by atoms with Gasteiger partial charge in [0.1, 0.15) is 5.75 Å². The van der Waals surface area contributed by atoms with E-state index in [1.807, 2.05) is 55.5 Å². The summed E-state index contributed by atoms with van der Waals surface area (Å²) in [5.41, 5.74) is 4.29. The van der Waals surface area contributed by atoms with Gasteiger partial charge in [0.2, 0.25) is 0 Å². The second-order valence-electron chi connectivity index (χ2n) is 5.96. The van der Waals surface area contributed by atoms with Crippen molar-refractivity contribution in [3.05, 3.63) is 75.7 Å². The Morgan fingerprint density at radius 2 is 1.92 bits per heavy atom. The van der Waals surface area contributed by atoms with Crippen molar-refractivity contribution in [3.8, 4) is 28.1 Å². The summed E-state index contributed by atoms with van der Waals surface area (Å²) in [5.74, 6) is 0.667. The van der Waals surface area contributed by atoms with Crippen molar-refractivity contribution in [1.29, 1.82) is 0 Å². The number of aromatic nitrogens is 3. The average Bonchev–Trinajstić information content (AvgIpc) is 2.98. The molecule has 0 aliphatic carbocycles. The van der Waals surface area contributed by atoms with Crippen LogP contribution in [-0.4, -0.2) is 21.7 Å². The molecule has 0 radical (unpaired) electrons. The van der Waals surface area contributed by atoms with E-state index in [-0.39, 0.29) is 5.56 Å². The Labute approximate surface area is 154 Å². The number of halogens is 1. The number of methoxy groups -OCH3 is 1. The van der Waals surface area contributed by atoms with Crippen LogP contribution in [0.1, 0.15) is 5.69 Å². The van der Waals surface area contributed by atoms with Crippen molar-refractivity contribution in [1.82, 2.24) is 14.6 Å². The number of benzene rings is 2. The quantitative estimate of drug-likeness (QED) is 0.588. The first-order valence-corrected chi connectivity index (χ1v) is 8.48. The van der Waals surface area contributed by atoms with E-state index in [1.54, 1.807) is 7.11 Å². The third kappa shape index (κ3) is 2.66. The molecule has 0 amide bonds. The van der Waals surface area contributed by atoms with Crippen LogP contribution in [-0.2, 0) is 0 Å². The molecule has 0 spiro atoms. The highest BCUT2D eigenvalue weighted by molar-refractivity contribution is 6.30. The molecule has 26 heavy (non-hydrogen) atoms. The molecule has 4 aromatic rings. The van der Waals surface area contributed by atoms with Crippen molar-refractivity contribution < 1.29 is 4.74 Å². The molecule has 2 aromatic heterocycles. The Balaban J connectivity index is 2.03. The van der Waals surface area contributed by atoms with Gasteiger partial charge in [-0.05, 0) is 36.8 Å². The van der Waals surface area contributed by atoms with Gasteiger partial charge < -0.3 is 4.74 Å². The number of para-hydroxylation sites is 1. The van der Waals surface area contributed by atoms with Gasteiger partial charge in [-0.3, -0.25) is 9.89 Å². The molecule has 0 bridgehead atoms. The Bertz CT molecular complexity index is 1180. The molecule has 1 N–H and O–H groups in total. The minimum Gasteiger partial charge on any atom is -0.496 e. The fraction of sp³-hybridized carbons (Fsp3) is 0.100. The minimum absolute atomic E-state index is 0.188. The molecule has 0 unspecified atom stereocenters. The average molecular weight is 366 g/mol. The van der Waals surface area contributed by atoms with Crippen LogP contribution in [0, 0.1) is 6.92 Å². The summed E-state index contributed by atoms with van der Waals surface area (Å²) in [6.07, 6.45) is 0. The van der Waals surface area contributed by atoms with Crippen LogP contribution in [0.15, 0.2) is 59.4 Å². The maximum atomic E-state index is 12.7. The highest BCUT2D eigenvalue weighted by atomic mass is 35.5. The number of H-pyrrole nitrogens is 1. The summed E-state index contributed by atoms with van der Waals surface area (Å²) in [6, 6.07) is 16.5. The smallest absolute Gasteiger partial charge is 0.273 e. The molecule has 2 aromatic carbocycles. The Hall–Kier alpha value is -3.05. The topological polar surface area (TPSA) is 59.4 Å². The third-order valence-corrected chi connectivity index (χ3v) is 4.53. The molecule has 0 aliphatic rings. The van der Waals surface area contributed by atoms with Crippen molar-refractivity contribution in [2.24, 2.45) is 0 Å². The van der Waals surface area contributed by atoms with Gasteiger partial charge in [-0.25, -0.2) is 9.50 Å². The maximum absolute atomic E-state index is 12.7. The number of rotatable bonds is 3. The second kappa shape index (κ2) is 6.35. The molecule has 0 aliphatic heterocycles. The normalized spacial score (nSPS) is 11.0. The number of ether oxygens (including phenoxy) is 1. The molecular weight excluding hydrogens is 350 g/mol. The van der Waals surface area contributed by atoms with Crippen LogP contribution in [0.4, 0.5) is 0 Å². The van der Waals surface area contributed by atoms with Gasteiger partial charge in [0.05, 0.1) is 12.8 Å². The Morgan fingerprint density at radius 3 is 2.69 bits per heavy atom. The predicted molar refractivity (Wildman–Crippen MR) is 103 cm³/mol. The number of nitrogens with one attached hydrogen (secondary N) is 1. The molecule has 0 saturated heterocycles. The van der Waals surface area contributed by atoms with Gasteiger partial charge in [-0.1, -0.05) is 35.9 Å². The highest BCUT2D eigenvalue weighted by Crippen LogP contribution is 2.31. The second-order valence-corrected chi connectivity index (χ2v) is 6.40. The van der Waals surface area contributed by atoms with Crippen molar-refractivity contribution in [2.75, 3.05) is 7.11 Å². The monoisotopic (exact) mass is 365 g/mol. The highest BCUT2D eigenvalue weighted by Gasteiger charge is 2.16. The molecule has 4 rings (SSSR count). The van der Waals surface area contributed by atoms with Crippen LogP contribution >= 0.6 is 11.6 Å². The SMILES string of the molecule is COc1ccccc1-c1cc(=O)n2[nH]c(C)c(-c3cccc(Cl)c3)c2n1. The summed E-state index contributed by atoms with van der Waals surface area (Å²) >= 11 is 6.15. The summed E-state index contributed by atoms with van der Waals surface area (Å²) in [7, 11) is 1.60. The maximum Gasteiger partial charge on any atom is 0.273 e. The standard InChI is InChI=1S/C20H16ClN3O2/c1-12-19(13-6-5-7-14(21)10-13)20-22-16(11-18(25)24(20)23-12)15-8-3-4-9-17(15)26-2/h3-11,23H,1-2H3. The summed E-state index contributed by atoms with van der Waals surface area (Å²) < 4.78 is 6.86. The molecule has 130 valence electrons. The fourth-order valence-electron chi connectivity index (χ4n) is 3.13. The van der Waals surface area contributed by atoms with Gasteiger partial charge >= 0.3 is 0 Å². The zero-order valence-corrected chi connectivity index (χ0v) is 15.0. The van der Waals surface area contributed by atoms with Gasteiger partial charge in [0, 0.05) is 27.9 Å². The molecule has 0 saturated carbocycles. The molecule has 2 heterocycles. The fourth-order valence-corrected chi connectivity index (χ4v) is 3.32. The largest absolute Gasteiger partial charge is 0.496 e. The number of nitrogens with zero attached hydrogens (tertiary/aromatic N) is 2. The van der Waals surface area contributed by atoms with Crippen molar-refractivity contribution in [2.45, 2.75) is 6.92 Å². The van der Waals surface area contributed by atoms with E-state index in [2.05, 4.69) is 5.10 Å². The molecule has 6 heteroatoms. The summed E-state index contributed by atoms with van der Waals surface area (Å²) in [6.45, 7) is 1.91. The molecule has 0 fully saturated rings. The molecular formula is C20H16ClN3O2. The van der Waals surface area contributed by atoms with E-state index in [1.165, 1.54) is 10.6 Å². The van der Waals surface area contributed by atoms with Crippen molar-refractivity contribution >= 4 is 17.2 Å². The van der Waals surface area contributed by atoms with Crippen LogP contribution in [0.3, 0.4) is 0 Å². The summed E-state index contributed by atoms with van der Waals surface area (Å²) in [5, 5.41) is 3.72. The lowest BCUT2D eigenvalue weighted by Gasteiger charge is -2.08. The number of hydrogen-bond donors (Lipinski definition) is 1. The lowest BCUT2D eigenvalue weighted by atomic mass is 10.1. The van der Waals surface area contributed by atoms with Gasteiger partial charge in [0.15, 0.2) is 5.65 Å². The van der Waals surface area contributed by atoms with Crippen molar-refractivity contribution in [3.63, 3.8) is 0 Å². The van der Waals surface area contributed by atoms with E-state index in [9.17, 15) is 4.79 Å². The summed E-state index contributed by atoms with van der Waals surface area (Å²) in [4.78, 5) is 17.4. The first kappa shape index (κ1) is 16.4. The van der Waals surface area contributed by atoms with Gasteiger partial charge in [0.25, 0.3) is 5.56 Å². The zero-order chi connectivity index (χ0) is 18.3. The van der Waals surface area contributed by atoms with Crippen LogP contribution in [0.25, 0.3) is 28.0 Å². The lowest BCUT2D eigenvalue weighted by Crippen LogP contribution is -2.14. The van der Waals surface area contributed by atoms with Crippen LogP contribution < -0.4 is 10.3 Å². The van der Waals surface area contributed by atoms with E-state index in [0.717, 1.165) is 22.4 Å². The van der Waals surface area contributed by atoms with Crippen LogP contribution in [0.5, 0.6) is 5.75 Å². The third-order valence-electron chi connectivity index (χ3n) is 4.29. The van der Waals surface area contributed by atoms with E-state index >= 15 is 0 Å². The first-order valence-electron chi connectivity index (χ1n) is 8.10. The first-order chi connectivity index (χ1) is 12.6. The number of fused-ring (bicyclic) bond motifs is 1. The lowest BCUT2D eigenvalue weighted by molar-refractivity contribution is 0.416.